The molecule has 0 radical (unpaired) electrons. The largest absolute Gasteiger partial charge is 0.497 e. The molecule has 0 aliphatic carbocycles. The molecule has 0 bridgehead atoms. The van der Waals surface area contributed by atoms with Crippen LogP contribution >= 0.6 is 0 Å². The Hall–Kier alpha value is -2.96. The molecular weight excluding hydrogens is 270 g/mol. The van der Waals surface area contributed by atoms with E-state index in [4.69, 9.17) is 4.74 Å². The minimum atomic E-state index is -0.277. The Morgan fingerprint density at radius 1 is 1.33 bits per heavy atom. The van der Waals surface area contributed by atoms with Gasteiger partial charge in [-0.15, -0.1) is 0 Å². The molecule has 1 amide bonds. The first-order valence-corrected chi connectivity index (χ1v) is 6.34. The average molecular weight is 283 g/mol. The standard InChI is InChI=1S/C14H13N5O2/c1-21-9-4-6-15-11(7-9)14(20)17-8-12-10-3-2-5-16-13(10)19-18-12/h2-7H,8H2,1H3,(H,17,20)(H,16,18,19). The molecule has 7 nitrogen and oxygen atoms in total. The van der Waals surface area contributed by atoms with Crippen molar-refractivity contribution in [2.24, 2.45) is 0 Å². The number of H-pyrrole nitrogens is 1. The number of carbonyl (C=O) groups is 1. The van der Waals surface area contributed by atoms with Crippen molar-refractivity contribution in [3.8, 4) is 5.75 Å². The number of rotatable bonds is 4. The summed E-state index contributed by atoms with van der Waals surface area (Å²) in [4.78, 5) is 20.2. The molecule has 0 aromatic carbocycles. The van der Waals surface area contributed by atoms with Crippen LogP contribution < -0.4 is 10.1 Å². The highest BCUT2D eigenvalue weighted by molar-refractivity contribution is 5.92. The van der Waals surface area contributed by atoms with Crippen LogP contribution in [0.2, 0.25) is 0 Å². The number of aromatic amines is 1. The van der Waals surface area contributed by atoms with Crippen LogP contribution in [0.3, 0.4) is 0 Å². The van der Waals surface area contributed by atoms with Crippen molar-refractivity contribution < 1.29 is 9.53 Å². The fraction of sp³-hybridized carbons (Fsp3) is 0.143. The van der Waals surface area contributed by atoms with Crippen molar-refractivity contribution in [2.45, 2.75) is 6.54 Å². The summed E-state index contributed by atoms with van der Waals surface area (Å²) < 4.78 is 5.07. The second-order valence-electron chi connectivity index (χ2n) is 4.34. The van der Waals surface area contributed by atoms with Crippen molar-refractivity contribution >= 4 is 16.9 Å². The number of ether oxygens (including phenoxy) is 1. The van der Waals surface area contributed by atoms with E-state index in [-0.39, 0.29) is 5.91 Å². The Morgan fingerprint density at radius 3 is 3.10 bits per heavy atom. The SMILES string of the molecule is COc1ccnc(C(=O)NCc2[nH]nc3ncccc23)c1. The Kier molecular flexibility index (Phi) is 3.46. The van der Waals surface area contributed by atoms with E-state index in [9.17, 15) is 4.79 Å². The molecule has 0 unspecified atom stereocenters. The summed E-state index contributed by atoms with van der Waals surface area (Å²) in [5.41, 5.74) is 1.73. The molecule has 2 N–H and O–H groups in total. The van der Waals surface area contributed by atoms with Crippen LogP contribution in [0.15, 0.2) is 36.7 Å². The molecule has 3 rings (SSSR count). The van der Waals surface area contributed by atoms with Gasteiger partial charge in [-0.05, 0) is 18.2 Å². The second-order valence-corrected chi connectivity index (χ2v) is 4.34. The van der Waals surface area contributed by atoms with Gasteiger partial charge in [0.05, 0.1) is 19.3 Å². The van der Waals surface area contributed by atoms with Gasteiger partial charge in [0.25, 0.3) is 5.91 Å². The predicted molar refractivity (Wildman–Crippen MR) is 75.8 cm³/mol. The van der Waals surface area contributed by atoms with Crippen LogP contribution in [-0.2, 0) is 6.54 Å². The fourth-order valence-electron chi connectivity index (χ4n) is 1.96. The van der Waals surface area contributed by atoms with Crippen LogP contribution in [-0.4, -0.2) is 33.2 Å². The van der Waals surface area contributed by atoms with Gasteiger partial charge in [0.1, 0.15) is 11.4 Å². The molecule has 0 fully saturated rings. The van der Waals surface area contributed by atoms with E-state index in [0.717, 1.165) is 11.1 Å². The van der Waals surface area contributed by atoms with Gasteiger partial charge >= 0.3 is 0 Å². The molecule has 0 saturated heterocycles. The molecule has 106 valence electrons. The lowest BCUT2D eigenvalue weighted by Gasteiger charge is -2.05. The minimum absolute atomic E-state index is 0.277. The first-order chi connectivity index (χ1) is 10.3. The number of pyridine rings is 2. The molecule has 3 aromatic heterocycles. The quantitative estimate of drug-likeness (QED) is 0.752. The van der Waals surface area contributed by atoms with Gasteiger partial charge in [-0.3, -0.25) is 14.9 Å². The lowest BCUT2D eigenvalue weighted by molar-refractivity contribution is 0.0945. The highest BCUT2D eigenvalue weighted by atomic mass is 16.5. The number of hydrogen-bond acceptors (Lipinski definition) is 5. The first-order valence-electron chi connectivity index (χ1n) is 6.34. The Balaban J connectivity index is 1.73. The van der Waals surface area contributed by atoms with Gasteiger partial charge in [0.2, 0.25) is 0 Å². The van der Waals surface area contributed by atoms with E-state index < -0.39 is 0 Å². The van der Waals surface area contributed by atoms with Gasteiger partial charge in [0, 0.05) is 23.8 Å². The smallest absolute Gasteiger partial charge is 0.270 e. The van der Waals surface area contributed by atoms with E-state index in [0.29, 0.717) is 23.6 Å². The third kappa shape index (κ3) is 2.66. The Labute approximate surface area is 120 Å². The highest BCUT2D eigenvalue weighted by Crippen LogP contribution is 2.13. The molecule has 3 heterocycles. The molecule has 0 aliphatic heterocycles. The van der Waals surface area contributed by atoms with E-state index in [1.165, 1.54) is 6.20 Å². The summed E-state index contributed by atoms with van der Waals surface area (Å²) >= 11 is 0. The zero-order chi connectivity index (χ0) is 14.7. The lowest BCUT2D eigenvalue weighted by atomic mass is 10.2. The number of nitrogens with one attached hydrogen (secondary N) is 2. The molecule has 21 heavy (non-hydrogen) atoms. The first kappa shape index (κ1) is 13.0. The average Bonchev–Trinajstić information content (AvgIpc) is 2.96. The number of amides is 1. The monoisotopic (exact) mass is 283 g/mol. The highest BCUT2D eigenvalue weighted by Gasteiger charge is 2.10. The summed E-state index contributed by atoms with van der Waals surface area (Å²) in [7, 11) is 1.54. The minimum Gasteiger partial charge on any atom is -0.497 e. The number of fused-ring (bicyclic) bond motifs is 1. The number of methoxy groups -OCH3 is 1. The second kappa shape index (κ2) is 5.58. The normalized spacial score (nSPS) is 10.5. The van der Waals surface area contributed by atoms with Crippen molar-refractivity contribution in [3.05, 3.63) is 48.0 Å². The van der Waals surface area contributed by atoms with E-state index in [1.807, 2.05) is 12.1 Å². The molecule has 7 heteroatoms. The van der Waals surface area contributed by atoms with Gasteiger partial charge in [-0.2, -0.15) is 5.10 Å². The summed E-state index contributed by atoms with van der Waals surface area (Å²) in [6, 6.07) is 7.00. The van der Waals surface area contributed by atoms with Crippen LogP contribution in [0, 0.1) is 0 Å². The summed E-state index contributed by atoms with van der Waals surface area (Å²) in [5.74, 6) is 0.312. The zero-order valence-electron chi connectivity index (χ0n) is 11.3. The molecule has 0 saturated carbocycles. The van der Waals surface area contributed by atoms with Crippen LogP contribution in [0.25, 0.3) is 11.0 Å². The maximum absolute atomic E-state index is 12.1. The maximum Gasteiger partial charge on any atom is 0.270 e. The number of aromatic nitrogens is 4. The Bertz CT molecular complexity index is 784. The summed E-state index contributed by atoms with van der Waals surface area (Å²) in [6.45, 7) is 0.319. The molecule has 0 atom stereocenters. The zero-order valence-corrected chi connectivity index (χ0v) is 11.3. The van der Waals surface area contributed by atoms with Crippen molar-refractivity contribution in [3.63, 3.8) is 0 Å². The maximum atomic E-state index is 12.1. The van der Waals surface area contributed by atoms with Crippen LogP contribution in [0.4, 0.5) is 0 Å². The Morgan fingerprint density at radius 2 is 2.24 bits per heavy atom. The van der Waals surface area contributed by atoms with Crippen molar-refractivity contribution in [2.75, 3.05) is 7.11 Å². The van der Waals surface area contributed by atoms with Crippen molar-refractivity contribution in [1.29, 1.82) is 0 Å². The molecule has 3 aromatic rings. The van der Waals surface area contributed by atoms with Gasteiger partial charge < -0.3 is 10.1 Å². The van der Waals surface area contributed by atoms with Crippen molar-refractivity contribution in [1.82, 2.24) is 25.5 Å². The predicted octanol–water partition coefficient (Wildman–Crippen LogP) is 1.29. The van der Waals surface area contributed by atoms with Gasteiger partial charge in [0.15, 0.2) is 5.65 Å². The van der Waals surface area contributed by atoms with Gasteiger partial charge in [-0.1, -0.05) is 0 Å². The third-order valence-electron chi connectivity index (χ3n) is 3.03. The van der Waals surface area contributed by atoms with Crippen LogP contribution in [0.5, 0.6) is 5.75 Å². The number of nitrogens with zero attached hydrogens (tertiary/aromatic N) is 3. The van der Waals surface area contributed by atoms with E-state index >= 15 is 0 Å². The third-order valence-corrected chi connectivity index (χ3v) is 3.03. The van der Waals surface area contributed by atoms with E-state index in [2.05, 4.69) is 25.5 Å². The van der Waals surface area contributed by atoms with Crippen LogP contribution in [0.1, 0.15) is 16.2 Å². The topological polar surface area (TPSA) is 92.8 Å². The summed E-state index contributed by atoms with van der Waals surface area (Å²) in [5, 5.41) is 10.6. The summed E-state index contributed by atoms with van der Waals surface area (Å²) in [6.07, 6.45) is 3.20. The van der Waals surface area contributed by atoms with E-state index in [1.54, 1.807) is 25.4 Å². The molecule has 0 aliphatic rings. The fourth-order valence-corrected chi connectivity index (χ4v) is 1.96. The molecule has 0 spiro atoms. The van der Waals surface area contributed by atoms with Gasteiger partial charge in [-0.25, -0.2) is 4.98 Å². The number of hydrogen-bond donors (Lipinski definition) is 2. The molecular formula is C14H13N5O2. The number of carbonyl (C=O) groups excluding carboxylic acids is 1. The lowest BCUT2D eigenvalue weighted by Crippen LogP contribution is -2.24.